The second kappa shape index (κ2) is 8.34. The highest BCUT2D eigenvalue weighted by atomic mass is 16.5. The molecule has 1 aromatic carbocycles. The summed E-state index contributed by atoms with van der Waals surface area (Å²) in [6.07, 6.45) is 3.16. The molecule has 2 saturated heterocycles. The summed E-state index contributed by atoms with van der Waals surface area (Å²) in [6.45, 7) is 10.6. The van der Waals surface area contributed by atoms with Gasteiger partial charge >= 0.3 is 0 Å². The van der Waals surface area contributed by atoms with Crippen molar-refractivity contribution < 1.29 is 9.53 Å². The van der Waals surface area contributed by atoms with Gasteiger partial charge in [0.05, 0.1) is 12.6 Å². The summed E-state index contributed by atoms with van der Waals surface area (Å²) in [7, 11) is 0. The van der Waals surface area contributed by atoms with E-state index in [9.17, 15) is 4.79 Å². The van der Waals surface area contributed by atoms with Gasteiger partial charge in [0.25, 0.3) is 0 Å². The van der Waals surface area contributed by atoms with Crippen molar-refractivity contribution in [2.45, 2.75) is 65.3 Å². The largest absolute Gasteiger partial charge is 0.377 e. The van der Waals surface area contributed by atoms with Gasteiger partial charge < -0.3 is 20.3 Å². The van der Waals surface area contributed by atoms with Crippen LogP contribution in [0.1, 0.15) is 51.2 Å². The van der Waals surface area contributed by atoms with Crippen molar-refractivity contribution in [1.29, 1.82) is 0 Å². The Morgan fingerprint density at radius 1 is 1.34 bits per heavy atom. The summed E-state index contributed by atoms with van der Waals surface area (Å²) in [5, 5.41) is 7.07. The monoisotopic (exact) mass is 398 g/mol. The van der Waals surface area contributed by atoms with Gasteiger partial charge in [0.1, 0.15) is 0 Å². The van der Waals surface area contributed by atoms with Crippen molar-refractivity contribution in [2.24, 2.45) is 16.3 Å². The van der Waals surface area contributed by atoms with Crippen molar-refractivity contribution in [3.05, 3.63) is 35.4 Å². The minimum absolute atomic E-state index is 0.125. The van der Waals surface area contributed by atoms with E-state index in [4.69, 9.17) is 9.73 Å². The lowest BCUT2D eigenvalue weighted by Gasteiger charge is -2.54. The lowest BCUT2D eigenvalue weighted by atomic mass is 9.57. The van der Waals surface area contributed by atoms with Crippen LogP contribution in [0.15, 0.2) is 29.3 Å². The average molecular weight is 399 g/mol. The third-order valence-electron chi connectivity index (χ3n) is 6.69. The number of fused-ring (bicyclic) bond motifs is 1. The molecule has 3 unspecified atom stereocenters. The van der Waals surface area contributed by atoms with Crippen molar-refractivity contribution in [1.82, 2.24) is 15.5 Å². The average Bonchev–Trinajstić information content (AvgIpc) is 3.32. The molecule has 3 aliphatic rings. The zero-order valence-electron chi connectivity index (χ0n) is 17.9. The molecule has 3 atom stereocenters. The maximum absolute atomic E-state index is 11.9. The molecule has 6 heteroatoms. The second-order valence-electron chi connectivity index (χ2n) is 9.12. The fourth-order valence-electron chi connectivity index (χ4n) is 5.17. The quantitative estimate of drug-likeness (QED) is 0.571. The molecule has 1 amide bonds. The molecule has 2 aliphatic heterocycles. The van der Waals surface area contributed by atoms with Gasteiger partial charge in [-0.2, -0.15) is 0 Å². The van der Waals surface area contributed by atoms with Gasteiger partial charge in [0.15, 0.2) is 5.96 Å². The highest BCUT2D eigenvalue weighted by Crippen LogP contribution is 2.52. The number of amides is 1. The first kappa shape index (κ1) is 20.2. The predicted molar refractivity (Wildman–Crippen MR) is 114 cm³/mol. The summed E-state index contributed by atoms with van der Waals surface area (Å²) in [5.41, 5.74) is 2.47. The Hall–Kier alpha value is -2.08. The third kappa shape index (κ3) is 4.13. The number of rotatable bonds is 6. The van der Waals surface area contributed by atoms with E-state index >= 15 is 0 Å². The molecule has 158 valence electrons. The second-order valence-corrected chi connectivity index (χ2v) is 9.12. The van der Waals surface area contributed by atoms with Crippen LogP contribution in [0.4, 0.5) is 0 Å². The molecule has 0 radical (unpaired) electrons. The molecule has 1 aliphatic carbocycles. The van der Waals surface area contributed by atoms with Gasteiger partial charge in [0.2, 0.25) is 5.91 Å². The fourth-order valence-corrected chi connectivity index (χ4v) is 5.17. The molecule has 0 aromatic heterocycles. The van der Waals surface area contributed by atoms with Crippen molar-refractivity contribution in [2.75, 3.05) is 19.7 Å². The Kier molecular flexibility index (Phi) is 5.81. The Morgan fingerprint density at radius 3 is 2.93 bits per heavy atom. The molecule has 29 heavy (non-hydrogen) atoms. The van der Waals surface area contributed by atoms with Crippen LogP contribution in [0, 0.1) is 11.3 Å². The maximum Gasteiger partial charge on any atom is 0.222 e. The van der Waals surface area contributed by atoms with E-state index < -0.39 is 0 Å². The number of likely N-dealkylation sites (tertiary alicyclic amines) is 1. The molecule has 0 bridgehead atoms. The molecule has 1 aromatic rings. The van der Waals surface area contributed by atoms with Crippen LogP contribution in [0.3, 0.4) is 0 Å². The van der Waals surface area contributed by atoms with E-state index in [0.717, 1.165) is 38.5 Å². The standard InChI is InChI=1S/C23H34N4O2/c1-4-24-22(26-20-18-10-12-29-21(18)23(20,2)3)25-14-16-7-5-8-17(13-16)15-27-11-6-9-19(27)28/h5,7-8,13,18,20-21H,4,6,9-12,14-15H2,1-3H3,(H2,24,25,26). The molecule has 1 saturated carbocycles. The van der Waals surface area contributed by atoms with Crippen LogP contribution in [-0.4, -0.2) is 48.6 Å². The lowest BCUT2D eigenvalue weighted by Crippen LogP contribution is -2.67. The van der Waals surface area contributed by atoms with Crippen molar-refractivity contribution in [3.8, 4) is 0 Å². The van der Waals surface area contributed by atoms with Crippen LogP contribution in [-0.2, 0) is 22.6 Å². The smallest absolute Gasteiger partial charge is 0.222 e. The minimum atomic E-state index is 0.125. The van der Waals surface area contributed by atoms with Gasteiger partial charge in [-0.05, 0) is 30.9 Å². The van der Waals surface area contributed by atoms with E-state index in [-0.39, 0.29) is 11.3 Å². The van der Waals surface area contributed by atoms with Gasteiger partial charge in [-0.25, -0.2) is 4.99 Å². The van der Waals surface area contributed by atoms with Gasteiger partial charge in [-0.15, -0.1) is 0 Å². The molecule has 3 fully saturated rings. The van der Waals surface area contributed by atoms with Crippen LogP contribution in [0.25, 0.3) is 0 Å². The van der Waals surface area contributed by atoms with E-state index in [1.54, 1.807) is 0 Å². The number of hydrogen-bond acceptors (Lipinski definition) is 3. The summed E-state index contributed by atoms with van der Waals surface area (Å²) in [6, 6.07) is 8.83. The number of nitrogens with one attached hydrogen (secondary N) is 2. The molecule has 4 rings (SSSR count). The van der Waals surface area contributed by atoms with Crippen molar-refractivity contribution >= 4 is 11.9 Å². The summed E-state index contributed by atoms with van der Waals surface area (Å²) in [4.78, 5) is 18.7. The van der Waals surface area contributed by atoms with Crippen molar-refractivity contribution in [3.63, 3.8) is 0 Å². The Bertz CT molecular complexity index is 776. The molecule has 2 heterocycles. The van der Waals surface area contributed by atoms with Gasteiger partial charge in [-0.1, -0.05) is 38.1 Å². The molecular formula is C23H34N4O2. The van der Waals surface area contributed by atoms with Crippen LogP contribution < -0.4 is 10.6 Å². The molecule has 0 spiro atoms. The first-order valence-corrected chi connectivity index (χ1v) is 11.0. The van der Waals surface area contributed by atoms with E-state index in [2.05, 4.69) is 55.7 Å². The normalized spacial score (nSPS) is 28.2. The zero-order valence-corrected chi connectivity index (χ0v) is 17.9. The van der Waals surface area contributed by atoms with E-state index in [1.807, 2.05) is 4.90 Å². The number of carbonyl (C=O) groups is 1. The van der Waals surface area contributed by atoms with E-state index in [0.29, 0.717) is 37.6 Å². The Labute approximate surface area is 174 Å². The number of hydrogen-bond donors (Lipinski definition) is 2. The fraction of sp³-hybridized carbons (Fsp3) is 0.652. The Balaban J connectivity index is 1.40. The van der Waals surface area contributed by atoms with Gasteiger partial charge in [0, 0.05) is 50.0 Å². The number of guanidine groups is 1. The lowest BCUT2D eigenvalue weighted by molar-refractivity contribution is -0.128. The highest BCUT2D eigenvalue weighted by molar-refractivity contribution is 5.80. The zero-order chi connectivity index (χ0) is 20.4. The highest BCUT2D eigenvalue weighted by Gasteiger charge is 2.59. The SMILES string of the molecule is CCNC(=NCc1cccc(CN2CCCC2=O)c1)NC1C2CCOC2C1(C)C. The first-order chi connectivity index (χ1) is 14.0. The summed E-state index contributed by atoms with van der Waals surface area (Å²) < 4.78 is 5.92. The van der Waals surface area contributed by atoms with Crippen LogP contribution in [0.5, 0.6) is 0 Å². The van der Waals surface area contributed by atoms with Crippen LogP contribution in [0.2, 0.25) is 0 Å². The molecular weight excluding hydrogens is 364 g/mol. The number of ether oxygens (including phenoxy) is 1. The number of aliphatic imine (C=N–C) groups is 1. The summed E-state index contributed by atoms with van der Waals surface area (Å²) in [5.74, 6) is 1.72. The molecule has 6 nitrogen and oxygen atoms in total. The van der Waals surface area contributed by atoms with Crippen LogP contribution >= 0.6 is 0 Å². The predicted octanol–water partition coefficient (Wildman–Crippen LogP) is 2.68. The van der Waals surface area contributed by atoms with E-state index in [1.165, 1.54) is 11.1 Å². The number of nitrogens with zero attached hydrogens (tertiary/aromatic N) is 2. The van der Waals surface area contributed by atoms with Gasteiger partial charge in [-0.3, -0.25) is 4.79 Å². The maximum atomic E-state index is 11.9. The number of benzene rings is 1. The Morgan fingerprint density at radius 2 is 2.17 bits per heavy atom. The first-order valence-electron chi connectivity index (χ1n) is 11.0. The number of carbonyl (C=O) groups excluding carboxylic acids is 1. The summed E-state index contributed by atoms with van der Waals surface area (Å²) >= 11 is 0. The third-order valence-corrected chi connectivity index (χ3v) is 6.69. The minimum Gasteiger partial charge on any atom is -0.377 e. The molecule has 2 N–H and O–H groups in total. The topological polar surface area (TPSA) is 66.0 Å².